The molecule has 2 rings (SSSR count). The Labute approximate surface area is 127 Å². The van der Waals surface area contributed by atoms with Crippen molar-refractivity contribution in [1.29, 1.82) is 5.26 Å². The van der Waals surface area contributed by atoms with Crippen molar-refractivity contribution >= 4 is 11.6 Å². The third-order valence-electron chi connectivity index (χ3n) is 2.67. The van der Waals surface area contributed by atoms with Crippen LogP contribution in [0.25, 0.3) is 11.4 Å². The Bertz CT molecular complexity index is 730. The second-order valence-corrected chi connectivity index (χ2v) is 4.49. The molecule has 0 aliphatic carbocycles. The predicted octanol–water partition coefficient (Wildman–Crippen LogP) is 4.13. The minimum Gasteiger partial charge on any atom is -0.251 e. The first-order valence-corrected chi connectivity index (χ1v) is 6.27. The molecule has 2 aromatic heterocycles. The molecule has 0 bridgehead atoms. The molecule has 2 heterocycles. The molecule has 0 fully saturated rings. The van der Waals surface area contributed by atoms with Crippen LogP contribution in [0.4, 0.5) is 17.6 Å². The fraction of sp³-hybridized carbons (Fsp3) is 0.231. The minimum atomic E-state index is -3.19. The second-order valence-electron chi connectivity index (χ2n) is 4.09. The van der Waals surface area contributed by atoms with Gasteiger partial charge in [0, 0.05) is 0 Å². The molecule has 0 amide bonds. The van der Waals surface area contributed by atoms with Crippen LogP contribution in [0, 0.1) is 11.3 Å². The zero-order valence-electron chi connectivity index (χ0n) is 10.8. The molecule has 0 aliphatic rings. The van der Waals surface area contributed by atoms with E-state index in [1.807, 2.05) is 6.07 Å². The molecular weight excluding hydrogens is 324 g/mol. The predicted molar refractivity (Wildman–Crippen MR) is 69.5 cm³/mol. The number of alkyl halides is 4. The number of nitriles is 1. The van der Waals surface area contributed by atoms with Crippen molar-refractivity contribution in [2.24, 2.45) is 0 Å². The summed E-state index contributed by atoms with van der Waals surface area (Å²) in [5, 5.41) is 8.89. The van der Waals surface area contributed by atoms with Gasteiger partial charge in [0.15, 0.2) is 0 Å². The molecule has 0 saturated carbocycles. The maximum absolute atomic E-state index is 12.8. The number of rotatable bonds is 4. The summed E-state index contributed by atoms with van der Waals surface area (Å²) in [6, 6.07) is 4.65. The van der Waals surface area contributed by atoms with Crippen molar-refractivity contribution in [3.8, 4) is 17.5 Å². The minimum absolute atomic E-state index is 0.0864. The number of aromatic nitrogens is 3. The third-order valence-corrected chi connectivity index (χ3v) is 3.01. The van der Waals surface area contributed by atoms with Crippen LogP contribution in [0.15, 0.2) is 18.3 Å². The summed E-state index contributed by atoms with van der Waals surface area (Å²) in [6.07, 6.45) is -5.50. The zero-order chi connectivity index (χ0) is 16.3. The molecule has 0 aromatic carbocycles. The topological polar surface area (TPSA) is 62.5 Å². The van der Waals surface area contributed by atoms with E-state index in [4.69, 9.17) is 16.9 Å². The molecule has 4 nitrogen and oxygen atoms in total. The largest absolute Gasteiger partial charge is 0.282 e. The van der Waals surface area contributed by atoms with E-state index in [1.54, 1.807) is 0 Å². The third kappa shape index (κ3) is 3.31. The van der Waals surface area contributed by atoms with E-state index in [-0.39, 0.29) is 28.5 Å². The molecule has 114 valence electrons. The first-order chi connectivity index (χ1) is 10.4. The van der Waals surface area contributed by atoms with Gasteiger partial charge in [0.1, 0.15) is 17.1 Å². The van der Waals surface area contributed by atoms with Crippen molar-refractivity contribution in [3.63, 3.8) is 0 Å². The van der Waals surface area contributed by atoms with Gasteiger partial charge in [-0.05, 0) is 12.1 Å². The van der Waals surface area contributed by atoms with Gasteiger partial charge in [-0.1, -0.05) is 11.6 Å². The van der Waals surface area contributed by atoms with Crippen molar-refractivity contribution < 1.29 is 17.6 Å². The lowest BCUT2D eigenvalue weighted by molar-refractivity contribution is 0.116. The number of hydrogen-bond acceptors (Lipinski definition) is 4. The number of hydrogen-bond donors (Lipinski definition) is 0. The Morgan fingerprint density at radius 3 is 2.32 bits per heavy atom. The van der Waals surface area contributed by atoms with Gasteiger partial charge in [-0.3, -0.25) is 4.98 Å². The van der Waals surface area contributed by atoms with Crippen LogP contribution in [0.5, 0.6) is 0 Å². The van der Waals surface area contributed by atoms with Gasteiger partial charge in [-0.25, -0.2) is 27.5 Å². The van der Waals surface area contributed by atoms with Gasteiger partial charge < -0.3 is 0 Å². The lowest BCUT2D eigenvalue weighted by Crippen LogP contribution is -2.05. The molecule has 0 saturated heterocycles. The standard InChI is InChI=1S/C13H7ClF4N4/c14-6-1-2-8(21-7(6)3-4-19)9-5-20-10(12(15)16)11(22-9)13(17)18/h1-2,5,12-13H,3H2. The summed E-state index contributed by atoms with van der Waals surface area (Å²) in [5.74, 6) is 0. The maximum atomic E-state index is 12.8. The van der Waals surface area contributed by atoms with Gasteiger partial charge in [0.05, 0.1) is 35.1 Å². The molecule has 0 atom stereocenters. The lowest BCUT2D eigenvalue weighted by Gasteiger charge is -2.09. The molecule has 0 spiro atoms. The van der Waals surface area contributed by atoms with Gasteiger partial charge in [-0.2, -0.15) is 5.26 Å². The fourth-order valence-electron chi connectivity index (χ4n) is 1.69. The van der Waals surface area contributed by atoms with Crippen molar-refractivity contribution in [2.75, 3.05) is 0 Å². The van der Waals surface area contributed by atoms with Crippen molar-refractivity contribution in [2.45, 2.75) is 19.3 Å². The highest BCUT2D eigenvalue weighted by Crippen LogP contribution is 2.29. The smallest absolute Gasteiger partial charge is 0.251 e. The van der Waals surface area contributed by atoms with E-state index in [0.717, 1.165) is 6.20 Å². The van der Waals surface area contributed by atoms with Crippen LogP contribution in [-0.4, -0.2) is 15.0 Å². The highest BCUT2D eigenvalue weighted by Gasteiger charge is 2.24. The van der Waals surface area contributed by atoms with Gasteiger partial charge in [-0.15, -0.1) is 0 Å². The summed E-state index contributed by atoms with van der Waals surface area (Å²) in [4.78, 5) is 10.9. The molecule has 22 heavy (non-hydrogen) atoms. The first kappa shape index (κ1) is 16.1. The number of nitrogens with zero attached hydrogens (tertiary/aromatic N) is 4. The molecule has 0 unspecified atom stereocenters. The molecular formula is C13H7ClF4N4. The average molecular weight is 331 g/mol. The van der Waals surface area contributed by atoms with E-state index >= 15 is 0 Å². The first-order valence-electron chi connectivity index (χ1n) is 5.90. The van der Waals surface area contributed by atoms with Crippen LogP contribution >= 0.6 is 11.6 Å². The quantitative estimate of drug-likeness (QED) is 0.791. The van der Waals surface area contributed by atoms with Crippen molar-refractivity contribution in [1.82, 2.24) is 15.0 Å². The molecule has 2 aromatic rings. The summed E-state index contributed by atoms with van der Waals surface area (Å²) < 4.78 is 50.9. The van der Waals surface area contributed by atoms with E-state index in [9.17, 15) is 17.6 Å². The van der Waals surface area contributed by atoms with E-state index in [0.29, 0.717) is 0 Å². The summed E-state index contributed by atoms with van der Waals surface area (Å²) >= 11 is 5.84. The Morgan fingerprint density at radius 1 is 1.05 bits per heavy atom. The maximum Gasteiger partial charge on any atom is 0.282 e. The monoisotopic (exact) mass is 330 g/mol. The number of pyridine rings is 1. The van der Waals surface area contributed by atoms with Crippen LogP contribution in [0.3, 0.4) is 0 Å². The van der Waals surface area contributed by atoms with E-state index in [2.05, 4.69) is 15.0 Å². The Balaban J connectivity index is 2.52. The zero-order valence-corrected chi connectivity index (χ0v) is 11.5. The van der Waals surface area contributed by atoms with Crippen molar-refractivity contribution in [3.05, 3.63) is 40.4 Å². The summed E-state index contributed by atoms with van der Waals surface area (Å²) in [5.41, 5.74) is -1.91. The van der Waals surface area contributed by atoms with Crippen LogP contribution in [-0.2, 0) is 6.42 Å². The lowest BCUT2D eigenvalue weighted by atomic mass is 10.2. The molecule has 0 N–H and O–H groups in total. The Hall–Kier alpha value is -2.27. The highest BCUT2D eigenvalue weighted by molar-refractivity contribution is 6.31. The average Bonchev–Trinajstić information content (AvgIpc) is 2.49. The highest BCUT2D eigenvalue weighted by atomic mass is 35.5. The van der Waals surface area contributed by atoms with Gasteiger partial charge in [0.25, 0.3) is 12.9 Å². The van der Waals surface area contributed by atoms with Crippen LogP contribution in [0.2, 0.25) is 5.02 Å². The molecule has 9 heteroatoms. The summed E-state index contributed by atoms with van der Waals surface area (Å²) in [7, 11) is 0. The van der Waals surface area contributed by atoms with Crippen LogP contribution in [0.1, 0.15) is 29.9 Å². The number of halogens is 5. The van der Waals surface area contributed by atoms with E-state index < -0.39 is 24.2 Å². The summed E-state index contributed by atoms with van der Waals surface area (Å²) in [6.45, 7) is 0. The normalized spacial score (nSPS) is 11.0. The Morgan fingerprint density at radius 2 is 1.73 bits per heavy atom. The molecule has 0 aliphatic heterocycles. The molecule has 0 radical (unpaired) electrons. The SMILES string of the molecule is N#CCc1nc(-c2cnc(C(F)F)c(C(F)F)n2)ccc1Cl. The fourth-order valence-corrected chi connectivity index (χ4v) is 1.86. The van der Waals surface area contributed by atoms with Gasteiger partial charge in [0.2, 0.25) is 0 Å². The van der Waals surface area contributed by atoms with Crippen LogP contribution < -0.4 is 0 Å². The van der Waals surface area contributed by atoms with Gasteiger partial charge >= 0.3 is 0 Å². The second kappa shape index (κ2) is 6.66. The Kier molecular flexibility index (Phi) is 4.88. The van der Waals surface area contributed by atoms with E-state index in [1.165, 1.54) is 12.1 Å².